The molecule has 27 aromatic rings. The zero-order chi connectivity index (χ0) is 47.5. The van der Waals surface area contributed by atoms with E-state index in [1.54, 1.807) is 303 Å². The Bertz CT molecular complexity index is 7910. The zero-order valence-electron chi connectivity index (χ0n) is 40.9. The first-order chi connectivity index (χ1) is 39.4. The molecule has 0 fully saturated rings. The van der Waals surface area contributed by atoms with E-state index in [1.807, 2.05) is 0 Å². The molecule has 35 rings (SSSR count). The second kappa shape index (κ2) is 7.43. The predicted octanol–water partition coefficient (Wildman–Crippen LogP) is 19.9. The average Bonchev–Trinajstić information content (AvgIpc) is 1.41. The number of hydrogen-bond donors (Lipinski definition) is 0. The van der Waals surface area contributed by atoms with Gasteiger partial charge in [-0.3, -0.25) is 0 Å². The van der Waals surface area contributed by atoms with Crippen molar-refractivity contribution in [2.75, 3.05) is 0 Å². The van der Waals surface area contributed by atoms with Crippen LogP contribution < -0.4 is 0 Å². The van der Waals surface area contributed by atoms with Gasteiger partial charge in [0.2, 0.25) is 0 Å². The highest BCUT2D eigenvalue weighted by molar-refractivity contribution is 6.79. The molecule has 8 aliphatic rings. The van der Waals surface area contributed by atoms with Gasteiger partial charge in [-0.25, -0.2) is 0 Å². The van der Waals surface area contributed by atoms with Crippen molar-refractivity contribution in [2.24, 2.45) is 0 Å². The van der Waals surface area contributed by atoms with E-state index in [1.165, 1.54) is 16.7 Å². The maximum Gasteiger partial charge on any atom is 0.0693 e. The van der Waals surface area contributed by atoms with Crippen LogP contribution in [0.4, 0.5) is 0 Å². The smallest absolute Gasteiger partial charge is 0.0622 e. The summed E-state index contributed by atoms with van der Waals surface area (Å²) < 4.78 is 0. The van der Waals surface area contributed by atoms with Crippen LogP contribution in [0.25, 0.3) is 253 Å². The molecule has 0 heteroatoms. The fourth-order valence-corrected chi connectivity index (χ4v) is 27.6. The molecule has 0 N–H and O–H groups in total. The van der Waals surface area contributed by atoms with Crippen molar-refractivity contribution in [3.8, 4) is 0 Å². The maximum atomic E-state index is 2.64. The Morgan fingerprint density at radius 2 is 0.570 bits per heavy atom. The largest absolute Gasteiger partial charge is 0.0693 e. The average molecular weight is 967 g/mol. The highest BCUT2D eigenvalue weighted by Crippen LogP contribution is 2.89. The third-order valence-electron chi connectivity index (χ3n) is 27.8. The minimum absolute atomic E-state index is 0.130. The van der Waals surface area contributed by atoms with Crippen LogP contribution in [0.2, 0.25) is 0 Å². The molecule has 0 aromatic heterocycles. The van der Waals surface area contributed by atoms with Gasteiger partial charge >= 0.3 is 0 Å². The van der Waals surface area contributed by atoms with Gasteiger partial charge in [-0.05, 0) is 327 Å². The molecule has 0 amide bonds. The monoisotopic (exact) mass is 966 g/mol. The molecule has 0 radical (unpaired) electrons. The molecule has 0 aliphatic heterocycles. The molecule has 0 spiro atoms. The Balaban J connectivity index is 1.11. The van der Waals surface area contributed by atoms with Gasteiger partial charge in [-0.2, -0.15) is 0 Å². The third-order valence-corrected chi connectivity index (χ3v) is 27.8. The van der Waals surface area contributed by atoms with E-state index in [0.717, 1.165) is 6.42 Å². The van der Waals surface area contributed by atoms with Crippen LogP contribution >= 0.6 is 0 Å². The maximum absolute atomic E-state index is 2.64. The van der Waals surface area contributed by atoms with E-state index in [2.05, 4.69) is 91.0 Å². The third kappa shape index (κ3) is 1.80. The highest BCUT2D eigenvalue weighted by atomic mass is 14.8. The summed E-state index contributed by atoms with van der Waals surface area (Å²) in [4.78, 5) is 0. The summed E-state index contributed by atoms with van der Waals surface area (Å²) in [6.07, 6.45) is 0.985. The quantitative estimate of drug-likeness (QED) is 0.154. The van der Waals surface area contributed by atoms with Gasteiger partial charge < -0.3 is 0 Å². The van der Waals surface area contributed by atoms with Gasteiger partial charge in [0.1, 0.15) is 0 Å². The summed E-state index contributed by atoms with van der Waals surface area (Å²) in [5, 5.41) is 76.2. The van der Waals surface area contributed by atoms with Gasteiger partial charge in [0, 0.05) is 5.92 Å². The molecule has 8 aliphatic carbocycles. The second-order valence-electron chi connectivity index (χ2n) is 28.4. The van der Waals surface area contributed by atoms with Gasteiger partial charge in [0.25, 0.3) is 0 Å². The van der Waals surface area contributed by atoms with Crippen LogP contribution in [0.5, 0.6) is 0 Å². The molecule has 0 saturated heterocycles. The van der Waals surface area contributed by atoms with Crippen LogP contribution in [0.1, 0.15) is 67.1 Å². The predicted molar refractivity (Wildman–Crippen MR) is 328 cm³/mol. The van der Waals surface area contributed by atoms with Crippen molar-refractivity contribution in [3.63, 3.8) is 0 Å². The van der Waals surface area contributed by atoms with Crippen molar-refractivity contribution in [2.45, 2.75) is 28.6 Å². The van der Waals surface area contributed by atoms with Gasteiger partial charge in [-0.1, -0.05) is 91.0 Å². The SMILES string of the molecule is c1ccc(C[C@@]23C4=C5[C@H]6c7c4c4c8c2c2c9c3c3c%10c%11c(c%12c%13c%14c(c%15c7c7c4c4c8c8c2c2c%16c9c%10c9c%10c%11c%13c%11c%13c%14c%14c%15c7c7c4c4c8c2c2c(c9%16)c(c%10%11)c8c%13c%14c7c4c28)[C@@]%126c2ccccc2)[C@]53c2ccccc2)cc1. The molecule has 334 valence electrons. The molecule has 0 saturated carbocycles. The Morgan fingerprint density at radius 3 is 1.04 bits per heavy atom. The Morgan fingerprint density at radius 1 is 0.253 bits per heavy atom. The van der Waals surface area contributed by atoms with Crippen LogP contribution in [0.15, 0.2) is 96.6 Å². The summed E-state index contributed by atoms with van der Waals surface area (Å²) in [7, 11) is 0. The standard InChI is InChI=1S/C79H18/c1-4-10-17(11-5-1)16-77-68-58-48-42-28-26-21-20-22-24-25-23(20)31-33-27(21)29(28)43-45-44(42)56(58)63-67-57(45)59-49(43)47(33)51-37(31)39-35(25)41-40-34(24)38-36-30(22)32(26)46(48)50(36)60(68)62-52(38)53(40)65-66-55(41)54(39)64-61(51)69(59)78(18-12-6-2-7-13-18)73(64)74(66)79(72(65)70(62)77,19-14-8-3-9-15-19)76(71(63)77)75(67)78/h1-15,75H,16H2/t75-,77-,78+,79-/m1/s1. The lowest BCUT2D eigenvalue weighted by atomic mass is 9.43. The van der Waals surface area contributed by atoms with Crippen LogP contribution in [-0.2, 0) is 22.7 Å². The van der Waals surface area contributed by atoms with Gasteiger partial charge in [0.15, 0.2) is 0 Å². The lowest BCUT2D eigenvalue weighted by molar-refractivity contribution is 0.460. The fraction of sp³-hybridized carbons (Fsp3) is 0.0633. The molecule has 0 bridgehead atoms. The highest BCUT2D eigenvalue weighted by Gasteiger charge is 2.75. The van der Waals surface area contributed by atoms with Crippen molar-refractivity contribution in [1.29, 1.82) is 0 Å². The molecular weight excluding hydrogens is 949 g/mol. The molecule has 79 heavy (non-hydrogen) atoms. The van der Waals surface area contributed by atoms with E-state index >= 15 is 0 Å². The first-order valence-corrected chi connectivity index (χ1v) is 29.6. The molecule has 0 heterocycles. The van der Waals surface area contributed by atoms with E-state index in [0.29, 0.717) is 0 Å². The van der Waals surface area contributed by atoms with Crippen LogP contribution in [-0.4, -0.2) is 0 Å². The van der Waals surface area contributed by atoms with Crippen LogP contribution in [0, 0.1) is 0 Å². The summed E-state index contributed by atoms with van der Waals surface area (Å²) in [6.45, 7) is 0. The normalized spacial score (nSPS) is 24.2. The van der Waals surface area contributed by atoms with Crippen molar-refractivity contribution >= 4 is 253 Å². The number of rotatable bonds is 4. The van der Waals surface area contributed by atoms with Crippen molar-refractivity contribution in [1.82, 2.24) is 0 Å². The van der Waals surface area contributed by atoms with Crippen molar-refractivity contribution < 1.29 is 0 Å². The molecule has 0 unspecified atom stereocenters. The number of benzene rings is 19. The molecule has 27 aromatic carbocycles. The van der Waals surface area contributed by atoms with Gasteiger partial charge in [-0.15, -0.1) is 0 Å². The fourth-order valence-electron chi connectivity index (χ4n) is 27.6. The summed E-state index contributed by atoms with van der Waals surface area (Å²) in [5.74, 6) is 0.130. The first kappa shape index (κ1) is 31.0. The van der Waals surface area contributed by atoms with Gasteiger partial charge in [0.05, 0.1) is 16.2 Å². The second-order valence-corrected chi connectivity index (χ2v) is 28.4. The lowest BCUT2D eigenvalue weighted by Crippen LogP contribution is -2.51. The zero-order valence-corrected chi connectivity index (χ0v) is 40.9. The summed E-state index contributed by atoms with van der Waals surface area (Å²) in [5.41, 5.74) is 20.6. The van der Waals surface area contributed by atoms with E-state index in [-0.39, 0.29) is 11.3 Å². The minimum atomic E-state index is -0.479. The summed E-state index contributed by atoms with van der Waals surface area (Å²) >= 11 is 0. The molecule has 4 atom stereocenters. The number of hydrogen-bond acceptors (Lipinski definition) is 0. The summed E-state index contributed by atoms with van der Waals surface area (Å²) in [6, 6.07) is 37.0. The molecule has 0 nitrogen and oxygen atoms in total. The molecular formula is C79H18. The Hall–Kier alpha value is -9.62. The number of allylic oxidation sites excluding steroid dienone is 2. The van der Waals surface area contributed by atoms with E-state index in [9.17, 15) is 0 Å². The topological polar surface area (TPSA) is 0 Å². The van der Waals surface area contributed by atoms with E-state index in [4.69, 9.17) is 0 Å². The lowest BCUT2D eigenvalue weighted by Gasteiger charge is -2.57. The van der Waals surface area contributed by atoms with E-state index < -0.39 is 10.8 Å². The first-order valence-electron chi connectivity index (χ1n) is 29.6. The minimum Gasteiger partial charge on any atom is -0.0622 e. The Kier molecular flexibility index (Phi) is 2.91. The Labute approximate surface area is 437 Å². The van der Waals surface area contributed by atoms with Crippen LogP contribution in [0.3, 0.4) is 0 Å². The van der Waals surface area contributed by atoms with Crippen molar-refractivity contribution in [3.05, 3.63) is 158 Å².